The van der Waals surface area contributed by atoms with Crippen LogP contribution in [0.15, 0.2) is 0 Å². The van der Waals surface area contributed by atoms with Crippen LogP contribution in [0.5, 0.6) is 0 Å². The first-order valence-corrected chi connectivity index (χ1v) is 5.49. The fraction of sp³-hybridized carbons (Fsp3) is 0.900. The van der Waals surface area contributed by atoms with Gasteiger partial charge in [-0.2, -0.15) is 0 Å². The Bertz CT molecular complexity index is 174. The number of nitrogens with one attached hydrogen (secondary N) is 2. The van der Waals surface area contributed by atoms with Crippen LogP contribution in [-0.4, -0.2) is 49.6 Å². The molecule has 1 unspecified atom stereocenters. The number of likely N-dealkylation sites (N-methyl/N-ethyl adjacent to an activating group) is 1. The van der Waals surface area contributed by atoms with Crippen LogP contribution in [0, 0.1) is 0 Å². The molecular formula is C10H21N3O. The number of nitrogens with zero attached hydrogens (tertiary/aromatic N) is 1. The highest BCUT2D eigenvalue weighted by atomic mass is 16.2. The van der Waals surface area contributed by atoms with Crippen molar-refractivity contribution in [3.8, 4) is 0 Å². The zero-order valence-corrected chi connectivity index (χ0v) is 9.18. The second-order valence-corrected chi connectivity index (χ2v) is 3.64. The molecule has 0 saturated carbocycles. The molecule has 4 heteroatoms. The van der Waals surface area contributed by atoms with E-state index in [-0.39, 0.29) is 5.91 Å². The van der Waals surface area contributed by atoms with Crippen molar-refractivity contribution in [1.29, 1.82) is 0 Å². The summed E-state index contributed by atoms with van der Waals surface area (Å²) in [5.41, 5.74) is 0. The summed E-state index contributed by atoms with van der Waals surface area (Å²) in [7, 11) is 0. The molecule has 1 aliphatic heterocycles. The molecule has 0 radical (unpaired) electrons. The predicted molar refractivity (Wildman–Crippen MR) is 57.2 cm³/mol. The number of carbonyl (C=O) groups is 1. The lowest BCUT2D eigenvalue weighted by Gasteiger charge is -2.20. The first kappa shape index (κ1) is 11.5. The zero-order chi connectivity index (χ0) is 10.4. The lowest BCUT2D eigenvalue weighted by atomic mass is 10.2. The summed E-state index contributed by atoms with van der Waals surface area (Å²) in [6.07, 6.45) is 1.13. The molecule has 1 heterocycles. The third-order valence-corrected chi connectivity index (χ3v) is 2.72. The molecule has 1 fully saturated rings. The minimum absolute atomic E-state index is 0.210. The van der Waals surface area contributed by atoms with Crippen molar-refractivity contribution < 1.29 is 4.79 Å². The highest BCUT2D eigenvalue weighted by Crippen LogP contribution is 1.96. The van der Waals surface area contributed by atoms with Gasteiger partial charge < -0.3 is 15.5 Å². The summed E-state index contributed by atoms with van der Waals surface area (Å²) < 4.78 is 0. The maximum atomic E-state index is 11.6. The molecule has 82 valence electrons. The van der Waals surface area contributed by atoms with Gasteiger partial charge in [0, 0.05) is 25.7 Å². The van der Waals surface area contributed by atoms with Crippen LogP contribution < -0.4 is 10.6 Å². The Morgan fingerprint density at radius 2 is 2.21 bits per heavy atom. The molecule has 1 rings (SSSR count). The summed E-state index contributed by atoms with van der Waals surface area (Å²) in [6, 6.07) is 0.481. The summed E-state index contributed by atoms with van der Waals surface area (Å²) in [6.45, 7) is 8.17. The lowest BCUT2D eigenvalue weighted by Crippen LogP contribution is -2.42. The summed E-state index contributed by atoms with van der Waals surface area (Å²) in [5, 5.41) is 6.54. The summed E-state index contributed by atoms with van der Waals surface area (Å²) in [4.78, 5) is 13.5. The number of carbonyl (C=O) groups excluding carboxylic acids is 1. The number of hydrogen-bond acceptors (Lipinski definition) is 3. The van der Waals surface area contributed by atoms with E-state index in [4.69, 9.17) is 0 Å². The van der Waals surface area contributed by atoms with Gasteiger partial charge in [0.25, 0.3) is 0 Å². The monoisotopic (exact) mass is 199 g/mol. The second kappa shape index (κ2) is 5.98. The molecule has 1 atom stereocenters. The lowest BCUT2D eigenvalue weighted by molar-refractivity contribution is -0.129. The number of rotatable bonds is 5. The molecule has 0 aromatic carbocycles. The molecule has 0 aromatic rings. The van der Waals surface area contributed by atoms with Crippen LogP contribution in [0.25, 0.3) is 0 Å². The second-order valence-electron chi connectivity index (χ2n) is 3.64. The zero-order valence-electron chi connectivity index (χ0n) is 9.18. The van der Waals surface area contributed by atoms with Crippen molar-refractivity contribution in [2.45, 2.75) is 26.3 Å². The number of amides is 1. The molecule has 0 aliphatic carbocycles. The molecule has 4 nitrogen and oxygen atoms in total. The van der Waals surface area contributed by atoms with Crippen LogP contribution in [0.2, 0.25) is 0 Å². The van der Waals surface area contributed by atoms with Gasteiger partial charge in [0.15, 0.2) is 0 Å². The Morgan fingerprint density at radius 1 is 1.50 bits per heavy atom. The average molecular weight is 199 g/mol. The Balaban J connectivity index is 2.18. The van der Waals surface area contributed by atoms with E-state index in [0.717, 1.165) is 32.6 Å². The van der Waals surface area contributed by atoms with E-state index < -0.39 is 0 Å². The van der Waals surface area contributed by atoms with Crippen LogP contribution >= 0.6 is 0 Å². The highest BCUT2D eigenvalue weighted by molar-refractivity contribution is 5.78. The fourth-order valence-electron chi connectivity index (χ4n) is 1.75. The Labute approximate surface area is 86.0 Å². The van der Waals surface area contributed by atoms with E-state index >= 15 is 0 Å². The summed E-state index contributed by atoms with van der Waals surface area (Å²) in [5.74, 6) is 0.210. The Morgan fingerprint density at radius 3 is 2.71 bits per heavy atom. The maximum absolute atomic E-state index is 11.6. The van der Waals surface area contributed by atoms with Crippen LogP contribution in [-0.2, 0) is 4.79 Å². The minimum atomic E-state index is 0.210. The van der Waals surface area contributed by atoms with E-state index in [1.807, 2.05) is 18.7 Å². The van der Waals surface area contributed by atoms with Crippen molar-refractivity contribution in [2.75, 3.05) is 32.7 Å². The van der Waals surface area contributed by atoms with Crippen molar-refractivity contribution in [1.82, 2.24) is 15.5 Å². The molecule has 14 heavy (non-hydrogen) atoms. The van der Waals surface area contributed by atoms with Crippen molar-refractivity contribution >= 4 is 5.91 Å². The molecule has 0 bridgehead atoms. The predicted octanol–water partition coefficient (Wildman–Crippen LogP) is -0.194. The van der Waals surface area contributed by atoms with Gasteiger partial charge in [-0.05, 0) is 26.8 Å². The Hall–Kier alpha value is -0.610. The first-order chi connectivity index (χ1) is 6.77. The van der Waals surface area contributed by atoms with Crippen LogP contribution in [0.1, 0.15) is 20.3 Å². The molecule has 1 amide bonds. The van der Waals surface area contributed by atoms with E-state index in [0.29, 0.717) is 12.6 Å². The maximum Gasteiger partial charge on any atom is 0.236 e. The molecular weight excluding hydrogens is 178 g/mol. The van der Waals surface area contributed by atoms with Gasteiger partial charge in [-0.3, -0.25) is 4.79 Å². The largest absolute Gasteiger partial charge is 0.342 e. The van der Waals surface area contributed by atoms with Gasteiger partial charge in [0.05, 0.1) is 6.54 Å². The normalized spacial score (nSPS) is 21.1. The smallest absolute Gasteiger partial charge is 0.236 e. The molecule has 0 spiro atoms. The van der Waals surface area contributed by atoms with E-state index in [1.54, 1.807) is 0 Å². The van der Waals surface area contributed by atoms with Crippen molar-refractivity contribution in [2.24, 2.45) is 0 Å². The third-order valence-electron chi connectivity index (χ3n) is 2.72. The first-order valence-electron chi connectivity index (χ1n) is 5.49. The van der Waals surface area contributed by atoms with Gasteiger partial charge >= 0.3 is 0 Å². The van der Waals surface area contributed by atoms with E-state index in [9.17, 15) is 4.79 Å². The average Bonchev–Trinajstić information content (AvgIpc) is 2.69. The van der Waals surface area contributed by atoms with Gasteiger partial charge in [-0.1, -0.05) is 0 Å². The molecule has 1 aliphatic rings. The van der Waals surface area contributed by atoms with E-state index in [1.165, 1.54) is 0 Å². The molecule has 1 saturated heterocycles. The summed E-state index contributed by atoms with van der Waals surface area (Å²) >= 11 is 0. The SMILES string of the molecule is CCN(CC)C(=O)CNC1CCNC1. The van der Waals surface area contributed by atoms with Gasteiger partial charge in [-0.25, -0.2) is 0 Å². The van der Waals surface area contributed by atoms with Crippen molar-refractivity contribution in [3.05, 3.63) is 0 Å². The molecule has 2 N–H and O–H groups in total. The standard InChI is InChI=1S/C10H21N3O/c1-3-13(4-2)10(14)8-12-9-5-6-11-7-9/h9,11-12H,3-8H2,1-2H3. The minimum Gasteiger partial charge on any atom is -0.342 e. The van der Waals surface area contributed by atoms with Gasteiger partial charge in [-0.15, -0.1) is 0 Å². The number of hydrogen-bond donors (Lipinski definition) is 2. The van der Waals surface area contributed by atoms with Gasteiger partial charge in [0.1, 0.15) is 0 Å². The highest BCUT2D eigenvalue weighted by Gasteiger charge is 2.16. The fourth-order valence-corrected chi connectivity index (χ4v) is 1.75. The third kappa shape index (κ3) is 3.27. The molecule has 0 aromatic heterocycles. The van der Waals surface area contributed by atoms with Crippen LogP contribution in [0.4, 0.5) is 0 Å². The van der Waals surface area contributed by atoms with Crippen molar-refractivity contribution in [3.63, 3.8) is 0 Å². The van der Waals surface area contributed by atoms with Crippen LogP contribution in [0.3, 0.4) is 0 Å². The Kier molecular flexibility index (Phi) is 4.90. The quantitative estimate of drug-likeness (QED) is 0.645. The topological polar surface area (TPSA) is 44.4 Å². The van der Waals surface area contributed by atoms with E-state index in [2.05, 4.69) is 10.6 Å². The van der Waals surface area contributed by atoms with Gasteiger partial charge in [0.2, 0.25) is 5.91 Å².